The zero-order valence-electron chi connectivity index (χ0n) is 8.95. The molecule has 98 valence electrons. The van der Waals surface area contributed by atoms with Gasteiger partial charge in [-0.1, -0.05) is 5.16 Å². The molecule has 19 heavy (non-hydrogen) atoms. The standard InChI is InChI=1S/C9H4F3N5O2/c10-9(11,12)5-3(2-19-17-5)6-14-4-1-13-8(18)16-7(4)15-6/h1-2H,(H2,13,14,15,16,18). The van der Waals surface area contributed by atoms with Gasteiger partial charge in [0.15, 0.2) is 11.3 Å². The zero-order valence-corrected chi connectivity index (χ0v) is 8.95. The molecule has 0 amide bonds. The van der Waals surface area contributed by atoms with Crippen molar-refractivity contribution in [1.82, 2.24) is 25.1 Å². The van der Waals surface area contributed by atoms with Gasteiger partial charge in [0.2, 0.25) is 0 Å². The van der Waals surface area contributed by atoms with Crippen molar-refractivity contribution in [3.05, 3.63) is 28.6 Å². The van der Waals surface area contributed by atoms with Gasteiger partial charge in [-0.25, -0.2) is 9.78 Å². The average molecular weight is 271 g/mol. The molecule has 3 heterocycles. The topological polar surface area (TPSA) is 100 Å². The lowest BCUT2D eigenvalue weighted by atomic mass is 10.2. The summed E-state index contributed by atoms with van der Waals surface area (Å²) >= 11 is 0. The minimum absolute atomic E-state index is 0.101. The summed E-state index contributed by atoms with van der Waals surface area (Å²) < 4.78 is 42.3. The fraction of sp³-hybridized carbons (Fsp3) is 0.111. The highest BCUT2D eigenvalue weighted by Crippen LogP contribution is 2.35. The van der Waals surface area contributed by atoms with E-state index in [1.54, 1.807) is 0 Å². The zero-order chi connectivity index (χ0) is 13.6. The summed E-state index contributed by atoms with van der Waals surface area (Å²) in [4.78, 5) is 23.1. The summed E-state index contributed by atoms with van der Waals surface area (Å²) in [5.41, 5.74) is -1.79. The first-order chi connectivity index (χ1) is 8.95. The molecule has 0 aliphatic carbocycles. The van der Waals surface area contributed by atoms with Crippen LogP contribution < -0.4 is 5.69 Å². The van der Waals surface area contributed by atoms with Crippen LogP contribution in [0.3, 0.4) is 0 Å². The van der Waals surface area contributed by atoms with Gasteiger partial charge in [-0.05, 0) is 0 Å². The lowest BCUT2D eigenvalue weighted by Crippen LogP contribution is -2.08. The molecule has 2 N–H and O–H groups in total. The summed E-state index contributed by atoms with van der Waals surface area (Å²) in [5, 5.41) is 2.90. The summed E-state index contributed by atoms with van der Waals surface area (Å²) in [6, 6.07) is 0. The summed E-state index contributed by atoms with van der Waals surface area (Å²) in [7, 11) is 0. The molecule has 3 aromatic rings. The number of alkyl halides is 3. The molecule has 0 spiro atoms. The third-order valence-electron chi connectivity index (χ3n) is 2.36. The SMILES string of the molecule is O=c1ncc2[nH]c(-c3conc3C(F)(F)F)nc2[nH]1. The van der Waals surface area contributed by atoms with E-state index in [4.69, 9.17) is 0 Å². The highest BCUT2D eigenvalue weighted by atomic mass is 19.4. The Bertz CT molecular complexity index is 800. The predicted molar refractivity (Wildman–Crippen MR) is 55.0 cm³/mol. The molecule has 0 atom stereocenters. The third-order valence-corrected chi connectivity index (χ3v) is 2.36. The van der Waals surface area contributed by atoms with Crippen LogP contribution in [0.25, 0.3) is 22.6 Å². The average Bonchev–Trinajstić information content (AvgIpc) is 2.92. The van der Waals surface area contributed by atoms with Gasteiger partial charge in [-0.2, -0.15) is 18.2 Å². The minimum atomic E-state index is -4.66. The van der Waals surface area contributed by atoms with E-state index in [1.165, 1.54) is 6.20 Å². The number of aromatic amines is 2. The van der Waals surface area contributed by atoms with Gasteiger partial charge >= 0.3 is 11.9 Å². The van der Waals surface area contributed by atoms with Crippen LogP contribution in [-0.4, -0.2) is 25.1 Å². The van der Waals surface area contributed by atoms with Gasteiger partial charge < -0.3 is 9.51 Å². The molecule has 3 rings (SSSR count). The number of nitrogens with one attached hydrogen (secondary N) is 2. The van der Waals surface area contributed by atoms with E-state index in [1.807, 2.05) is 0 Å². The highest BCUT2D eigenvalue weighted by Gasteiger charge is 2.38. The van der Waals surface area contributed by atoms with Crippen LogP contribution in [-0.2, 0) is 6.18 Å². The van der Waals surface area contributed by atoms with Crippen LogP contribution in [0.1, 0.15) is 5.69 Å². The number of halogens is 3. The van der Waals surface area contributed by atoms with Crippen LogP contribution in [0, 0.1) is 0 Å². The Morgan fingerprint density at radius 2 is 2.05 bits per heavy atom. The molecule has 0 unspecified atom stereocenters. The van der Waals surface area contributed by atoms with Gasteiger partial charge in [0.25, 0.3) is 0 Å². The Kier molecular flexibility index (Phi) is 2.21. The second-order valence-electron chi connectivity index (χ2n) is 3.61. The maximum Gasteiger partial charge on any atom is 0.437 e. The van der Waals surface area contributed by atoms with Crippen molar-refractivity contribution < 1.29 is 17.7 Å². The number of hydrogen-bond donors (Lipinski definition) is 2. The van der Waals surface area contributed by atoms with E-state index in [9.17, 15) is 18.0 Å². The number of nitrogens with zero attached hydrogens (tertiary/aromatic N) is 3. The van der Waals surface area contributed by atoms with Crippen molar-refractivity contribution in [3.63, 3.8) is 0 Å². The van der Waals surface area contributed by atoms with E-state index in [-0.39, 0.29) is 17.0 Å². The van der Waals surface area contributed by atoms with Crippen molar-refractivity contribution >= 4 is 11.2 Å². The number of rotatable bonds is 1. The van der Waals surface area contributed by atoms with Crippen molar-refractivity contribution in [2.45, 2.75) is 6.18 Å². The van der Waals surface area contributed by atoms with Gasteiger partial charge in [0.1, 0.15) is 17.6 Å². The molecule has 0 aromatic carbocycles. The van der Waals surface area contributed by atoms with E-state index >= 15 is 0 Å². The fourth-order valence-corrected chi connectivity index (χ4v) is 1.57. The largest absolute Gasteiger partial charge is 0.437 e. The first-order valence-electron chi connectivity index (χ1n) is 4.92. The Balaban J connectivity index is 2.20. The molecular formula is C9H4F3N5O2. The Labute approximate surface area is 101 Å². The van der Waals surface area contributed by atoms with Crippen molar-refractivity contribution in [1.29, 1.82) is 0 Å². The first-order valence-corrected chi connectivity index (χ1v) is 4.92. The highest BCUT2D eigenvalue weighted by molar-refractivity contribution is 5.75. The molecule has 3 aromatic heterocycles. The molecule has 0 saturated heterocycles. The van der Waals surface area contributed by atoms with Crippen LogP contribution in [0.2, 0.25) is 0 Å². The molecule has 0 aliphatic rings. The molecule has 7 nitrogen and oxygen atoms in total. The molecule has 10 heteroatoms. The van der Waals surface area contributed by atoms with Crippen LogP contribution >= 0.6 is 0 Å². The number of H-pyrrole nitrogens is 2. The van der Waals surface area contributed by atoms with E-state index in [0.29, 0.717) is 5.52 Å². The van der Waals surface area contributed by atoms with Crippen molar-refractivity contribution in [2.24, 2.45) is 0 Å². The second-order valence-corrected chi connectivity index (χ2v) is 3.61. The predicted octanol–water partition coefficient (Wildman–Crippen LogP) is 1.32. The second kappa shape index (κ2) is 3.67. The maximum absolute atomic E-state index is 12.7. The maximum atomic E-state index is 12.7. The van der Waals surface area contributed by atoms with Crippen molar-refractivity contribution in [2.75, 3.05) is 0 Å². The van der Waals surface area contributed by atoms with Crippen LogP contribution in [0.5, 0.6) is 0 Å². The van der Waals surface area contributed by atoms with Gasteiger partial charge in [0, 0.05) is 0 Å². The summed E-state index contributed by atoms with van der Waals surface area (Å²) in [6.45, 7) is 0. The molecule has 0 aliphatic heterocycles. The van der Waals surface area contributed by atoms with E-state index in [2.05, 4.69) is 29.6 Å². The smallest absolute Gasteiger partial charge is 0.363 e. The molecule has 0 bridgehead atoms. The quantitative estimate of drug-likeness (QED) is 0.695. The van der Waals surface area contributed by atoms with Crippen LogP contribution in [0.15, 0.2) is 21.8 Å². The minimum Gasteiger partial charge on any atom is -0.363 e. The summed E-state index contributed by atoms with van der Waals surface area (Å²) in [5.74, 6) is -0.118. The number of hydrogen-bond acceptors (Lipinski definition) is 5. The number of aromatic nitrogens is 5. The van der Waals surface area contributed by atoms with Gasteiger partial charge in [-0.15, -0.1) is 0 Å². The first kappa shape index (κ1) is 11.4. The van der Waals surface area contributed by atoms with Gasteiger partial charge in [-0.3, -0.25) is 4.98 Å². The molecule has 0 fully saturated rings. The van der Waals surface area contributed by atoms with Gasteiger partial charge in [0.05, 0.1) is 11.8 Å². The normalized spacial score (nSPS) is 12.2. The Morgan fingerprint density at radius 3 is 2.79 bits per heavy atom. The summed E-state index contributed by atoms with van der Waals surface area (Å²) in [6.07, 6.45) is -2.66. The number of fused-ring (bicyclic) bond motifs is 1. The van der Waals surface area contributed by atoms with Crippen molar-refractivity contribution in [3.8, 4) is 11.4 Å². The molecular weight excluding hydrogens is 267 g/mol. The monoisotopic (exact) mass is 271 g/mol. The third kappa shape index (κ3) is 1.86. The van der Waals surface area contributed by atoms with E-state index in [0.717, 1.165) is 6.26 Å². The molecule has 0 saturated carbocycles. The molecule has 0 radical (unpaired) electrons. The number of imidazole rings is 1. The fourth-order valence-electron chi connectivity index (χ4n) is 1.57. The lowest BCUT2D eigenvalue weighted by molar-refractivity contribution is -0.142. The van der Waals surface area contributed by atoms with Crippen LogP contribution in [0.4, 0.5) is 13.2 Å². The van der Waals surface area contributed by atoms with E-state index < -0.39 is 17.6 Å². The Morgan fingerprint density at radius 1 is 1.26 bits per heavy atom. The lowest BCUT2D eigenvalue weighted by Gasteiger charge is -2.02. The Hall–Kier alpha value is -2.65.